The van der Waals surface area contributed by atoms with Crippen LogP contribution in [0.5, 0.6) is 0 Å². The Morgan fingerprint density at radius 1 is 1.48 bits per heavy atom. The number of likely N-dealkylation sites (N-methyl/N-ethyl adjacent to an activating group) is 1. The van der Waals surface area contributed by atoms with E-state index < -0.39 is 11.9 Å². The predicted molar refractivity (Wildman–Crippen MR) is 79.6 cm³/mol. The summed E-state index contributed by atoms with van der Waals surface area (Å²) in [6.07, 6.45) is 0.815. The monoisotopic (exact) mass is 291 g/mol. The lowest BCUT2D eigenvalue weighted by atomic mass is 9.98. The Bertz CT molecular complexity index is 539. The van der Waals surface area contributed by atoms with Gasteiger partial charge >= 0.3 is 0 Å². The zero-order valence-corrected chi connectivity index (χ0v) is 12.8. The molecule has 2 N–H and O–H groups in total. The number of halogens is 1. The quantitative estimate of drug-likeness (QED) is 0.875. The molecule has 0 heterocycles. The summed E-state index contributed by atoms with van der Waals surface area (Å²) < 4.78 is 13.9. The molecular formula is C16H22FN3O. The van der Waals surface area contributed by atoms with Gasteiger partial charge < -0.3 is 10.6 Å². The van der Waals surface area contributed by atoms with Crippen molar-refractivity contribution in [3.63, 3.8) is 0 Å². The van der Waals surface area contributed by atoms with Crippen LogP contribution in [0.1, 0.15) is 38.3 Å². The molecule has 0 saturated carbocycles. The second-order valence-electron chi connectivity index (χ2n) is 5.18. The number of nitrogens with zero attached hydrogens (tertiary/aromatic N) is 2. The van der Waals surface area contributed by atoms with Gasteiger partial charge in [0, 0.05) is 18.7 Å². The zero-order valence-electron chi connectivity index (χ0n) is 12.8. The number of nitrogens with two attached hydrogens (primary N) is 1. The Morgan fingerprint density at radius 2 is 2.14 bits per heavy atom. The maximum Gasteiger partial charge on any atom is 0.240 e. The van der Waals surface area contributed by atoms with E-state index in [1.807, 2.05) is 26.8 Å². The predicted octanol–water partition coefficient (Wildman–Crippen LogP) is 2.42. The standard InChI is InChI=1S/C16H22FN3O/c1-4-11(3)15(19)16(21)20(5-2)10-13-7-6-12(9-18)8-14(13)17/h6-8,11,15H,4-5,10,19H2,1-3H3/t11?,15-/m0/s1. The number of hydrogen-bond acceptors (Lipinski definition) is 3. The Morgan fingerprint density at radius 3 is 2.62 bits per heavy atom. The second-order valence-corrected chi connectivity index (χ2v) is 5.18. The number of hydrogen-bond donors (Lipinski definition) is 1. The Labute approximate surface area is 125 Å². The molecule has 0 fully saturated rings. The van der Waals surface area contributed by atoms with E-state index in [2.05, 4.69) is 0 Å². The van der Waals surface area contributed by atoms with Gasteiger partial charge in [-0.15, -0.1) is 0 Å². The minimum absolute atomic E-state index is 0.0809. The highest BCUT2D eigenvalue weighted by Crippen LogP contribution is 2.15. The Hall–Kier alpha value is -1.93. The van der Waals surface area contributed by atoms with E-state index in [9.17, 15) is 9.18 Å². The molecule has 1 aromatic rings. The van der Waals surface area contributed by atoms with E-state index in [0.717, 1.165) is 6.42 Å². The van der Waals surface area contributed by atoms with Gasteiger partial charge in [-0.3, -0.25) is 4.79 Å². The van der Waals surface area contributed by atoms with Crippen LogP contribution in [-0.4, -0.2) is 23.4 Å². The first kappa shape index (κ1) is 17.1. The van der Waals surface area contributed by atoms with Crippen LogP contribution in [0.25, 0.3) is 0 Å². The maximum atomic E-state index is 13.9. The minimum atomic E-state index is -0.573. The van der Waals surface area contributed by atoms with Crippen molar-refractivity contribution in [3.8, 4) is 6.07 Å². The van der Waals surface area contributed by atoms with Gasteiger partial charge in [0.25, 0.3) is 0 Å². The summed E-state index contributed by atoms with van der Waals surface area (Å²) in [6.45, 7) is 6.37. The molecule has 114 valence electrons. The molecule has 0 aliphatic carbocycles. The number of carbonyl (C=O) groups excluding carboxylic acids is 1. The first-order valence-electron chi connectivity index (χ1n) is 7.17. The van der Waals surface area contributed by atoms with Crippen molar-refractivity contribution in [1.29, 1.82) is 5.26 Å². The first-order chi connectivity index (χ1) is 9.94. The number of carbonyl (C=O) groups is 1. The van der Waals surface area contributed by atoms with Crippen LogP contribution < -0.4 is 5.73 Å². The topological polar surface area (TPSA) is 70.1 Å². The fraction of sp³-hybridized carbons (Fsp3) is 0.500. The molecule has 0 spiro atoms. The molecule has 1 unspecified atom stereocenters. The molecule has 0 aliphatic rings. The number of nitriles is 1. The van der Waals surface area contributed by atoms with Crippen molar-refractivity contribution in [2.75, 3.05) is 6.54 Å². The van der Waals surface area contributed by atoms with Gasteiger partial charge in [-0.1, -0.05) is 26.3 Å². The van der Waals surface area contributed by atoms with Gasteiger partial charge in [-0.2, -0.15) is 5.26 Å². The molecule has 0 aromatic heterocycles. The van der Waals surface area contributed by atoms with Gasteiger partial charge in [0.2, 0.25) is 5.91 Å². The normalized spacial score (nSPS) is 13.3. The molecule has 0 bridgehead atoms. The van der Waals surface area contributed by atoms with Crippen LogP contribution in [0.4, 0.5) is 4.39 Å². The fourth-order valence-electron chi connectivity index (χ4n) is 2.00. The Balaban J connectivity index is 2.88. The molecule has 0 saturated heterocycles. The smallest absolute Gasteiger partial charge is 0.240 e. The van der Waals surface area contributed by atoms with Gasteiger partial charge in [-0.05, 0) is 25.0 Å². The van der Waals surface area contributed by atoms with E-state index in [4.69, 9.17) is 11.0 Å². The third-order valence-corrected chi connectivity index (χ3v) is 3.78. The molecule has 4 nitrogen and oxygen atoms in total. The molecule has 1 rings (SSSR count). The molecule has 2 atom stereocenters. The van der Waals surface area contributed by atoms with Crippen molar-refractivity contribution < 1.29 is 9.18 Å². The van der Waals surface area contributed by atoms with Crippen molar-refractivity contribution in [2.45, 2.75) is 39.8 Å². The highest BCUT2D eigenvalue weighted by molar-refractivity contribution is 5.81. The van der Waals surface area contributed by atoms with Crippen molar-refractivity contribution >= 4 is 5.91 Å². The van der Waals surface area contributed by atoms with Crippen molar-refractivity contribution in [3.05, 3.63) is 35.1 Å². The summed E-state index contributed by atoms with van der Waals surface area (Å²) >= 11 is 0. The lowest BCUT2D eigenvalue weighted by molar-refractivity contribution is -0.134. The average Bonchev–Trinajstić information content (AvgIpc) is 2.51. The second kappa shape index (κ2) is 7.75. The molecule has 0 aliphatic heterocycles. The lowest BCUT2D eigenvalue weighted by Gasteiger charge is -2.27. The van der Waals surface area contributed by atoms with Crippen LogP contribution in [0.15, 0.2) is 18.2 Å². The van der Waals surface area contributed by atoms with E-state index in [0.29, 0.717) is 12.1 Å². The van der Waals surface area contributed by atoms with E-state index in [1.54, 1.807) is 17.0 Å². The zero-order chi connectivity index (χ0) is 16.0. The summed E-state index contributed by atoms with van der Waals surface area (Å²) in [5.74, 6) is -0.564. The van der Waals surface area contributed by atoms with E-state index in [-0.39, 0.29) is 23.9 Å². The number of rotatable bonds is 6. The largest absolute Gasteiger partial charge is 0.337 e. The van der Waals surface area contributed by atoms with Gasteiger partial charge in [0.1, 0.15) is 5.82 Å². The first-order valence-corrected chi connectivity index (χ1v) is 7.17. The molecular weight excluding hydrogens is 269 g/mol. The van der Waals surface area contributed by atoms with Crippen molar-refractivity contribution in [2.24, 2.45) is 11.7 Å². The highest BCUT2D eigenvalue weighted by Gasteiger charge is 2.24. The third kappa shape index (κ3) is 4.27. The maximum absolute atomic E-state index is 13.9. The van der Waals surface area contributed by atoms with E-state index >= 15 is 0 Å². The molecule has 1 amide bonds. The highest BCUT2D eigenvalue weighted by atomic mass is 19.1. The van der Waals surface area contributed by atoms with Crippen LogP contribution in [0, 0.1) is 23.1 Å². The number of benzene rings is 1. The fourth-order valence-corrected chi connectivity index (χ4v) is 2.00. The van der Waals surface area contributed by atoms with Crippen LogP contribution in [-0.2, 0) is 11.3 Å². The molecule has 1 aromatic carbocycles. The molecule has 0 radical (unpaired) electrons. The summed E-state index contributed by atoms with van der Waals surface area (Å²) in [7, 11) is 0. The van der Waals surface area contributed by atoms with Gasteiger partial charge in [0.15, 0.2) is 0 Å². The summed E-state index contributed by atoms with van der Waals surface area (Å²) in [5.41, 5.74) is 6.61. The summed E-state index contributed by atoms with van der Waals surface area (Å²) in [5, 5.41) is 8.73. The van der Waals surface area contributed by atoms with Gasteiger partial charge in [-0.25, -0.2) is 4.39 Å². The van der Waals surface area contributed by atoms with Crippen LogP contribution in [0.3, 0.4) is 0 Å². The van der Waals surface area contributed by atoms with Gasteiger partial charge in [0.05, 0.1) is 17.7 Å². The van der Waals surface area contributed by atoms with Crippen LogP contribution in [0.2, 0.25) is 0 Å². The lowest BCUT2D eigenvalue weighted by Crippen LogP contribution is -2.46. The molecule has 21 heavy (non-hydrogen) atoms. The molecule has 5 heteroatoms. The average molecular weight is 291 g/mol. The minimum Gasteiger partial charge on any atom is -0.337 e. The SMILES string of the molecule is CCC(C)[C@H](N)C(=O)N(CC)Cc1ccc(C#N)cc1F. The summed E-state index contributed by atoms with van der Waals surface area (Å²) in [6, 6.07) is 5.58. The van der Waals surface area contributed by atoms with Crippen molar-refractivity contribution in [1.82, 2.24) is 4.90 Å². The Kier molecular flexibility index (Phi) is 6.32. The number of amides is 1. The summed E-state index contributed by atoms with van der Waals surface area (Å²) in [4.78, 5) is 13.9. The van der Waals surface area contributed by atoms with Crippen LogP contribution >= 0.6 is 0 Å². The third-order valence-electron chi connectivity index (χ3n) is 3.78. The van der Waals surface area contributed by atoms with E-state index in [1.165, 1.54) is 6.07 Å².